The predicted molar refractivity (Wildman–Crippen MR) is 77.8 cm³/mol. The van der Waals surface area contributed by atoms with Crippen molar-refractivity contribution in [1.29, 1.82) is 0 Å². The van der Waals surface area contributed by atoms with Crippen LogP contribution < -0.4 is 5.32 Å². The third kappa shape index (κ3) is 3.39. The van der Waals surface area contributed by atoms with E-state index in [1.165, 1.54) is 0 Å². The number of nitrogens with one attached hydrogen (secondary N) is 1. The maximum atomic E-state index is 12.1. The molecule has 0 aliphatic rings. The Bertz CT molecular complexity index is 533. The van der Waals surface area contributed by atoms with E-state index in [2.05, 4.69) is 5.32 Å². The maximum absolute atomic E-state index is 12.1. The second-order valence-electron chi connectivity index (χ2n) is 4.27. The highest BCUT2D eigenvalue weighted by Gasteiger charge is 2.18. The molecule has 1 N–H and O–H groups in total. The van der Waals surface area contributed by atoms with Crippen molar-refractivity contribution in [3.8, 4) is 0 Å². The molecule has 5 heteroatoms. The zero-order valence-electron chi connectivity index (χ0n) is 10.9. The first-order valence-electron chi connectivity index (χ1n) is 6.20. The molecule has 0 radical (unpaired) electrons. The van der Waals surface area contributed by atoms with Crippen molar-refractivity contribution < 1.29 is 9.21 Å². The molecule has 2 aromatic rings. The maximum Gasteiger partial charge on any atom is 0.287 e. The van der Waals surface area contributed by atoms with Crippen molar-refractivity contribution in [1.82, 2.24) is 5.32 Å². The lowest BCUT2D eigenvalue weighted by Gasteiger charge is -2.14. The average molecular weight is 298 g/mol. The van der Waals surface area contributed by atoms with Gasteiger partial charge in [-0.25, -0.2) is 0 Å². The Morgan fingerprint density at radius 2 is 2.26 bits per heavy atom. The molecule has 1 amide bonds. The molecule has 3 nitrogen and oxygen atoms in total. The smallest absolute Gasteiger partial charge is 0.287 e. The second kappa shape index (κ2) is 6.26. The number of amides is 1. The average Bonchev–Trinajstić information content (AvgIpc) is 3.05. The van der Waals surface area contributed by atoms with E-state index in [1.54, 1.807) is 23.5 Å². The first-order valence-corrected chi connectivity index (χ1v) is 7.51. The Hall–Kier alpha value is -1.26. The monoisotopic (exact) mass is 297 g/mol. The van der Waals surface area contributed by atoms with Crippen LogP contribution in [0, 0.1) is 0 Å². The summed E-state index contributed by atoms with van der Waals surface area (Å²) in [4.78, 5) is 13.2. The van der Waals surface area contributed by atoms with Gasteiger partial charge in [-0.15, -0.1) is 22.9 Å². The molecule has 2 aromatic heterocycles. The van der Waals surface area contributed by atoms with E-state index in [1.807, 2.05) is 31.4 Å². The lowest BCUT2D eigenvalue weighted by molar-refractivity contribution is 0.0906. The number of hydrogen-bond donors (Lipinski definition) is 1. The van der Waals surface area contributed by atoms with Crippen molar-refractivity contribution in [2.45, 2.75) is 31.7 Å². The quantitative estimate of drug-likeness (QED) is 0.824. The van der Waals surface area contributed by atoms with Crippen LogP contribution in [0.4, 0.5) is 0 Å². The second-order valence-corrected chi connectivity index (χ2v) is 5.90. The van der Waals surface area contributed by atoms with Crippen LogP contribution in [0.5, 0.6) is 0 Å². The molecule has 0 saturated carbocycles. The van der Waals surface area contributed by atoms with Gasteiger partial charge in [0.15, 0.2) is 5.76 Å². The van der Waals surface area contributed by atoms with E-state index in [0.29, 0.717) is 11.5 Å². The Kier molecular flexibility index (Phi) is 4.66. The Balaban J connectivity index is 2.07. The normalized spacial score (nSPS) is 14.1. The van der Waals surface area contributed by atoms with Crippen LogP contribution in [0.1, 0.15) is 52.9 Å². The van der Waals surface area contributed by atoms with Gasteiger partial charge in [0.1, 0.15) is 5.76 Å². The summed E-state index contributed by atoms with van der Waals surface area (Å²) in [6, 6.07) is 7.42. The van der Waals surface area contributed by atoms with Gasteiger partial charge in [-0.3, -0.25) is 4.79 Å². The lowest BCUT2D eigenvalue weighted by Crippen LogP contribution is -2.27. The fourth-order valence-electron chi connectivity index (χ4n) is 1.78. The summed E-state index contributed by atoms with van der Waals surface area (Å²) in [6.07, 6.45) is 0.839. The summed E-state index contributed by atoms with van der Waals surface area (Å²) in [5.74, 6) is 0.706. The highest BCUT2D eigenvalue weighted by molar-refractivity contribution is 7.10. The number of furan rings is 1. The van der Waals surface area contributed by atoms with Crippen molar-refractivity contribution in [2.24, 2.45) is 0 Å². The summed E-state index contributed by atoms with van der Waals surface area (Å²) in [5.41, 5.74) is 0. The zero-order chi connectivity index (χ0) is 13.8. The molecule has 2 rings (SSSR count). The first kappa shape index (κ1) is 14.2. The van der Waals surface area contributed by atoms with E-state index in [4.69, 9.17) is 16.0 Å². The molecule has 19 heavy (non-hydrogen) atoms. The molecule has 0 aliphatic carbocycles. The minimum absolute atomic E-state index is 0.0227. The van der Waals surface area contributed by atoms with Gasteiger partial charge in [0.25, 0.3) is 5.91 Å². The predicted octanol–water partition coefficient (Wildman–Crippen LogP) is 4.52. The summed E-state index contributed by atoms with van der Waals surface area (Å²) in [6.45, 7) is 3.85. The fraction of sp³-hybridized carbons (Fsp3) is 0.357. The van der Waals surface area contributed by atoms with Gasteiger partial charge in [-0.05, 0) is 36.9 Å². The van der Waals surface area contributed by atoms with Crippen LogP contribution in [-0.2, 0) is 0 Å². The number of halogens is 1. The molecule has 102 valence electrons. The minimum atomic E-state index is -0.235. The van der Waals surface area contributed by atoms with Gasteiger partial charge in [-0.1, -0.05) is 13.0 Å². The van der Waals surface area contributed by atoms with Crippen LogP contribution in [0.25, 0.3) is 0 Å². The number of thiophene rings is 1. The minimum Gasteiger partial charge on any atom is -0.454 e. The molecule has 2 unspecified atom stereocenters. The Morgan fingerprint density at radius 3 is 2.79 bits per heavy atom. The van der Waals surface area contributed by atoms with E-state index in [9.17, 15) is 4.79 Å². The third-order valence-electron chi connectivity index (χ3n) is 2.84. The molecule has 0 fully saturated rings. The van der Waals surface area contributed by atoms with Crippen molar-refractivity contribution >= 4 is 28.8 Å². The van der Waals surface area contributed by atoms with E-state index < -0.39 is 0 Å². The van der Waals surface area contributed by atoms with Crippen molar-refractivity contribution in [2.75, 3.05) is 0 Å². The fourth-order valence-corrected chi connectivity index (χ4v) is 2.76. The van der Waals surface area contributed by atoms with Crippen LogP contribution in [-0.4, -0.2) is 5.91 Å². The molecule has 2 atom stereocenters. The van der Waals surface area contributed by atoms with E-state index in [-0.39, 0.29) is 17.3 Å². The standard InChI is InChI=1S/C14H16ClNO2S/c1-3-10(13-5-4-8-19-13)16-14(17)12-7-6-11(18-12)9(2)15/h4-10H,3H2,1-2H3,(H,16,17). The van der Waals surface area contributed by atoms with Gasteiger partial charge < -0.3 is 9.73 Å². The number of carbonyl (C=O) groups is 1. The first-order chi connectivity index (χ1) is 9.11. The summed E-state index contributed by atoms with van der Waals surface area (Å²) in [5, 5.41) is 4.74. The van der Waals surface area contributed by atoms with Gasteiger partial charge in [0.05, 0.1) is 11.4 Å². The van der Waals surface area contributed by atoms with Crippen LogP contribution in [0.15, 0.2) is 34.1 Å². The van der Waals surface area contributed by atoms with Gasteiger partial charge in [-0.2, -0.15) is 0 Å². The third-order valence-corrected chi connectivity index (χ3v) is 4.04. The van der Waals surface area contributed by atoms with E-state index in [0.717, 1.165) is 11.3 Å². The summed E-state index contributed by atoms with van der Waals surface area (Å²) < 4.78 is 5.43. The van der Waals surface area contributed by atoms with E-state index >= 15 is 0 Å². The van der Waals surface area contributed by atoms with Crippen LogP contribution >= 0.6 is 22.9 Å². The zero-order valence-corrected chi connectivity index (χ0v) is 12.4. The molecule has 0 saturated heterocycles. The van der Waals surface area contributed by atoms with Crippen LogP contribution in [0.2, 0.25) is 0 Å². The van der Waals surface area contributed by atoms with Gasteiger partial charge in [0.2, 0.25) is 0 Å². The SMILES string of the molecule is CCC(NC(=O)c1ccc(C(C)Cl)o1)c1cccs1. The molecule has 0 aromatic carbocycles. The highest BCUT2D eigenvalue weighted by Crippen LogP contribution is 2.24. The summed E-state index contributed by atoms with van der Waals surface area (Å²) in [7, 11) is 0. The van der Waals surface area contributed by atoms with Crippen LogP contribution in [0.3, 0.4) is 0 Å². The Morgan fingerprint density at radius 1 is 1.47 bits per heavy atom. The topological polar surface area (TPSA) is 42.2 Å². The molecule has 2 heterocycles. The molecule has 0 aliphatic heterocycles. The number of carbonyl (C=O) groups excluding carboxylic acids is 1. The molecular weight excluding hydrogens is 282 g/mol. The molecule has 0 spiro atoms. The van der Waals surface area contributed by atoms with Crippen molar-refractivity contribution in [3.63, 3.8) is 0 Å². The molecule has 0 bridgehead atoms. The van der Waals surface area contributed by atoms with Gasteiger partial charge in [0, 0.05) is 4.88 Å². The summed E-state index contributed by atoms with van der Waals surface area (Å²) >= 11 is 7.55. The van der Waals surface area contributed by atoms with Gasteiger partial charge >= 0.3 is 0 Å². The molecular formula is C14H16ClNO2S. The highest BCUT2D eigenvalue weighted by atomic mass is 35.5. The number of hydrogen-bond acceptors (Lipinski definition) is 3. The number of alkyl halides is 1. The lowest BCUT2D eigenvalue weighted by atomic mass is 10.2. The number of rotatable bonds is 5. The largest absolute Gasteiger partial charge is 0.454 e. The Labute approximate surface area is 121 Å². The van der Waals surface area contributed by atoms with Crippen molar-refractivity contribution in [3.05, 3.63) is 46.0 Å².